The quantitative estimate of drug-likeness (QED) is 0.458. The van der Waals surface area contributed by atoms with Crippen LogP contribution in [0.1, 0.15) is 0 Å². The molecule has 0 aliphatic heterocycles. The average Bonchev–Trinajstić information content (AvgIpc) is 2.62. The Labute approximate surface area is 171 Å². The number of carbonyl (C=O) groups is 1. The van der Waals surface area contributed by atoms with Crippen molar-refractivity contribution < 1.29 is 4.79 Å². The average molecular weight is 426 g/mol. The minimum atomic E-state index is -0.368. The lowest BCUT2D eigenvalue weighted by molar-refractivity contribution is 0.259. The van der Waals surface area contributed by atoms with Gasteiger partial charge in [0.15, 0.2) is 0 Å². The highest BCUT2D eigenvalue weighted by Crippen LogP contribution is 2.32. The number of carbonyl (C=O) groups excluding carboxylic acids is 1. The predicted octanol–water partition coefficient (Wildman–Crippen LogP) is 7.67. The fourth-order valence-electron chi connectivity index (χ4n) is 2.31. The van der Waals surface area contributed by atoms with Gasteiger partial charge in [-0.25, -0.2) is 4.79 Å². The number of halogens is 4. The van der Waals surface area contributed by atoms with E-state index in [9.17, 15) is 4.79 Å². The van der Waals surface area contributed by atoms with Gasteiger partial charge in [0.25, 0.3) is 0 Å². The van der Waals surface area contributed by atoms with E-state index in [1.165, 1.54) is 4.90 Å². The summed E-state index contributed by atoms with van der Waals surface area (Å²) in [5.74, 6) is 0. The lowest BCUT2D eigenvalue weighted by atomic mass is 10.2. The maximum absolute atomic E-state index is 13.0. The predicted molar refractivity (Wildman–Crippen MR) is 111 cm³/mol. The van der Waals surface area contributed by atoms with Crippen LogP contribution in [0.15, 0.2) is 66.7 Å². The lowest BCUT2D eigenvalue weighted by Gasteiger charge is -2.24. The van der Waals surface area contributed by atoms with E-state index in [0.29, 0.717) is 37.2 Å². The molecule has 0 radical (unpaired) electrons. The van der Waals surface area contributed by atoms with E-state index in [1.807, 2.05) is 0 Å². The van der Waals surface area contributed by atoms with E-state index in [4.69, 9.17) is 46.4 Å². The Morgan fingerprint density at radius 2 is 1.23 bits per heavy atom. The van der Waals surface area contributed by atoms with E-state index in [0.717, 1.165) is 0 Å². The van der Waals surface area contributed by atoms with Crippen LogP contribution in [0.5, 0.6) is 0 Å². The van der Waals surface area contributed by atoms with Crippen molar-refractivity contribution in [2.24, 2.45) is 0 Å². The van der Waals surface area contributed by atoms with Crippen LogP contribution in [0, 0.1) is 0 Å². The van der Waals surface area contributed by atoms with E-state index < -0.39 is 0 Å². The zero-order valence-corrected chi connectivity index (χ0v) is 16.2. The third-order valence-corrected chi connectivity index (χ3v) is 4.79. The highest BCUT2D eigenvalue weighted by Gasteiger charge is 2.19. The fourth-order valence-corrected chi connectivity index (χ4v) is 2.85. The second-order valence-electron chi connectivity index (χ2n) is 5.35. The van der Waals surface area contributed by atoms with Crippen molar-refractivity contribution in [3.05, 3.63) is 86.8 Å². The molecule has 0 aliphatic carbocycles. The normalized spacial score (nSPS) is 10.5. The Hall–Kier alpha value is -1.91. The first-order valence-electron chi connectivity index (χ1n) is 7.51. The van der Waals surface area contributed by atoms with Crippen LogP contribution < -0.4 is 10.2 Å². The third-order valence-electron chi connectivity index (χ3n) is 3.54. The van der Waals surface area contributed by atoms with Crippen LogP contribution in [0.25, 0.3) is 0 Å². The zero-order chi connectivity index (χ0) is 18.7. The van der Waals surface area contributed by atoms with Crippen LogP contribution in [0.3, 0.4) is 0 Å². The second-order valence-corrected chi connectivity index (χ2v) is 7.03. The molecular formula is C19H12Cl4N2O. The van der Waals surface area contributed by atoms with E-state index in [1.54, 1.807) is 66.7 Å². The van der Waals surface area contributed by atoms with Crippen molar-refractivity contribution in [3.63, 3.8) is 0 Å². The molecule has 0 bridgehead atoms. The zero-order valence-electron chi connectivity index (χ0n) is 13.2. The molecule has 0 atom stereocenters. The van der Waals surface area contributed by atoms with E-state index in [-0.39, 0.29) is 6.03 Å². The number of nitrogens with one attached hydrogen (secondary N) is 1. The Kier molecular flexibility index (Phi) is 5.94. The van der Waals surface area contributed by atoms with Gasteiger partial charge in [0, 0.05) is 15.7 Å². The summed E-state index contributed by atoms with van der Waals surface area (Å²) in [7, 11) is 0. The summed E-state index contributed by atoms with van der Waals surface area (Å²) >= 11 is 24.0. The SMILES string of the molecule is O=C(Nc1ccc(Cl)cc1)N(c1ccc(Cl)cc1)c1ccc(Cl)c(Cl)c1. The van der Waals surface area contributed by atoms with Crippen LogP contribution in [0.4, 0.5) is 21.9 Å². The van der Waals surface area contributed by atoms with Crippen molar-refractivity contribution in [1.82, 2.24) is 0 Å². The standard InChI is InChI=1S/C19H12Cl4N2O/c20-12-1-5-14(6-2-12)24-19(26)25(15-7-3-13(21)4-8-15)16-9-10-17(22)18(23)11-16/h1-11H,(H,24,26). The highest BCUT2D eigenvalue weighted by molar-refractivity contribution is 6.42. The summed E-state index contributed by atoms with van der Waals surface area (Å²) < 4.78 is 0. The summed E-state index contributed by atoms with van der Waals surface area (Å²) in [6.07, 6.45) is 0. The number of benzene rings is 3. The molecule has 0 fully saturated rings. The van der Waals surface area contributed by atoms with Crippen LogP contribution in [0.2, 0.25) is 20.1 Å². The number of hydrogen-bond acceptors (Lipinski definition) is 1. The number of rotatable bonds is 3. The van der Waals surface area contributed by atoms with Gasteiger partial charge in [-0.3, -0.25) is 4.90 Å². The summed E-state index contributed by atoms with van der Waals surface area (Å²) in [6, 6.07) is 18.3. The molecule has 0 saturated heterocycles. The van der Waals surface area contributed by atoms with Crippen LogP contribution >= 0.6 is 46.4 Å². The largest absolute Gasteiger partial charge is 0.330 e. The first-order valence-corrected chi connectivity index (χ1v) is 9.02. The minimum absolute atomic E-state index is 0.349. The maximum Gasteiger partial charge on any atom is 0.330 e. The van der Waals surface area contributed by atoms with Crippen molar-refractivity contribution >= 4 is 69.5 Å². The summed E-state index contributed by atoms with van der Waals surface area (Å²) in [5, 5.41) is 4.75. The molecule has 0 heterocycles. The molecule has 3 aromatic carbocycles. The molecule has 3 rings (SSSR count). The van der Waals surface area contributed by atoms with E-state index in [2.05, 4.69) is 5.32 Å². The van der Waals surface area contributed by atoms with Crippen molar-refractivity contribution in [2.75, 3.05) is 10.2 Å². The molecule has 0 unspecified atom stereocenters. The molecule has 0 spiro atoms. The smallest absolute Gasteiger partial charge is 0.307 e. The lowest BCUT2D eigenvalue weighted by Crippen LogP contribution is -2.30. The van der Waals surface area contributed by atoms with Crippen molar-refractivity contribution in [1.29, 1.82) is 0 Å². The van der Waals surface area contributed by atoms with Gasteiger partial charge in [-0.15, -0.1) is 0 Å². The summed E-state index contributed by atoms with van der Waals surface area (Å²) in [5.41, 5.74) is 1.80. The molecule has 0 saturated carbocycles. The number of urea groups is 1. The molecule has 2 amide bonds. The molecular weight excluding hydrogens is 414 g/mol. The molecule has 132 valence electrons. The van der Waals surface area contributed by atoms with E-state index >= 15 is 0 Å². The van der Waals surface area contributed by atoms with Gasteiger partial charge in [0.1, 0.15) is 0 Å². The Morgan fingerprint density at radius 1 is 0.692 bits per heavy atom. The van der Waals surface area contributed by atoms with Crippen LogP contribution in [-0.2, 0) is 0 Å². The van der Waals surface area contributed by atoms with Gasteiger partial charge in [0.2, 0.25) is 0 Å². The molecule has 0 aromatic heterocycles. The summed E-state index contributed by atoms with van der Waals surface area (Å²) in [4.78, 5) is 14.4. The maximum atomic E-state index is 13.0. The molecule has 3 nitrogen and oxygen atoms in total. The molecule has 1 N–H and O–H groups in total. The van der Waals surface area contributed by atoms with Gasteiger partial charge in [-0.2, -0.15) is 0 Å². The van der Waals surface area contributed by atoms with Gasteiger partial charge in [-0.1, -0.05) is 46.4 Å². The number of anilines is 3. The summed E-state index contributed by atoms with van der Waals surface area (Å²) in [6.45, 7) is 0. The Morgan fingerprint density at radius 3 is 1.81 bits per heavy atom. The second kappa shape index (κ2) is 8.19. The topological polar surface area (TPSA) is 32.3 Å². The van der Waals surface area contributed by atoms with Crippen molar-refractivity contribution in [3.8, 4) is 0 Å². The molecule has 3 aromatic rings. The molecule has 7 heteroatoms. The fraction of sp³-hybridized carbons (Fsp3) is 0. The first-order chi connectivity index (χ1) is 12.4. The number of nitrogens with zero attached hydrogens (tertiary/aromatic N) is 1. The minimum Gasteiger partial charge on any atom is -0.307 e. The molecule has 26 heavy (non-hydrogen) atoms. The third kappa shape index (κ3) is 4.43. The Balaban J connectivity index is 1.98. The van der Waals surface area contributed by atoms with Crippen LogP contribution in [-0.4, -0.2) is 6.03 Å². The Bertz CT molecular complexity index is 927. The number of hydrogen-bond donors (Lipinski definition) is 1. The van der Waals surface area contributed by atoms with Gasteiger partial charge < -0.3 is 5.32 Å². The van der Waals surface area contributed by atoms with Gasteiger partial charge in [-0.05, 0) is 66.7 Å². The molecule has 0 aliphatic rings. The monoisotopic (exact) mass is 424 g/mol. The van der Waals surface area contributed by atoms with Gasteiger partial charge >= 0.3 is 6.03 Å². The van der Waals surface area contributed by atoms with Gasteiger partial charge in [0.05, 0.1) is 21.4 Å². The first kappa shape index (κ1) is 18.9. The van der Waals surface area contributed by atoms with Crippen molar-refractivity contribution in [2.45, 2.75) is 0 Å². The highest BCUT2D eigenvalue weighted by atomic mass is 35.5. The number of amides is 2.